The summed E-state index contributed by atoms with van der Waals surface area (Å²) in [6.45, 7) is 0.194. The Morgan fingerprint density at radius 3 is 2.52 bits per heavy atom. The summed E-state index contributed by atoms with van der Waals surface area (Å²) in [5.74, 6) is -1.12. The molecule has 0 saturated heterocycles. The Balaban J connectivity index is 2.82. The molecule has 0 saturated carbocycles. The van der Waals surface area contributed by atoms with E-state index in [1.165, 1.54) is 26.4 Å². The third-order valence-corrected chi connectivity index (χ3v) is 3.42. The van der Waals surface area contributed by atoms with Gasteiger partial charge in [0.2, 0.25) is 0 Å². The fourth-order valence-electron chi connectivity index (χ4n) is 1.70. The number of rotatable bonds is 7. The second-order valence-corrected chi connectivity index (χ2v) is 5.26. The van der Waals surface area contributed by atoms with E-state index in [-0.39, 0.29) is 24.2 Å². The van der Waals surface area contributed by atoms with E-state index in [0.29, 0.717) is 16.6 Å². The number of carboxylic acid groups (broad SMARTS) is 1. The molecule has 0 heterocycles. The van der Waals surface area contributed by atoms with Crippen molar-refractivity contribution in [2.45, 2.75) is 12.8 Å². The Morgan fingerprint density at radius 1 is 1.26 bits per heavy atom. The van der Waals surface area contributed by atoms with Gasteiger partial charge in [-0.1, -0.05) is 0 Å². The van der Waals surface area contributed by atoms with Crippen LogP contribution in [0.15, 0.2) is 16.6 Å². The maximum Gasteiger partial charge on any atom is 0.340 e. The monoisotopic (exact) mass is 388 g/mol. The van der Waals surface area contributed by atoms with Gasteiger partial charge in [0.1, 0.15) is 5.75 Å². The van der Waals surface area contributed by atoms with Gasteiger partial charge in [-0.25, -0.2) is 9.59 Å². The number of anilines is 1. The first-order valence-corrected chi connectivity index (χ1v) is 7.40. The van der Waals surface area contributed by atoms with Crippen LogP contribution >= 0.6 is 15.9 Å². The molecule has 8 nitrogen and oxygen atoms in total. The molecule has 0 aliphatic heterocycles. The number of nitrogens with one attached hydrogen (secondary N) is 2. The minimum Gasteiger partial charge on any atom is -0.495 e. The van der Waals surface area contributed by atoms with Crippen LogP contribution in [0.2, 0.25) is 0 Å². The Morgan fingerprint density at radius 2 is 1.96 bits per heavy atom. The summed E-state index contributed by atoms with van der Waals surface area (Å²) in [6.07, 6.45) is 0.260. The number of hydrogen-bond donors (Lipinski definition) is 3. The first-order valence-electron chi connectivity index (χ1n) is 6.61. The lowest BCUT2D eigenvalue weighted by Gasteiger charge is -2.13. The fourth-order valence-corrected chi connectivity index (χ4v) is 2.21. The summed E-state index contributed by atoms with van der Waals surface area (Å²) in [6, 6.07) is 2.39. The van der Waals surface area contributed by atoms with E-state index in [1.54, 1.807) is 0 Å². The highest BCUT2D eigenvalue weighted by molar-refractivity contribution is 9.10. The van der Waals surface area contributed by atoms with Gasteiger partial charge in [0, 0.05) is 19.0 Å². The topological polar surface area (TPSA) is 114 Å². The van der Waals surface area contributed by atoms with Crippen LogP contribution < -0.4 is 15.4 Å². The average Bonchev–Trinajstić information content (AvgIpc) is 2.51. The Labute approximate surface area is 141 Å². The van der Waals surface area contributed by atoms with E-state index in [1.807, 2.05) is 0 Å². The molecule has 126 valence electrons. The Hall–Kier alpha value is -2.29. The van der Waals surface area contributed by atoms with Gasteiger partial charge in [0.25, 0.3) is 0 Å². The predicted octanol–water partition coefficient (Wildman–Crippen LogP) is 2.23. The molecule has 23 heavy (non-hydrogen) atoms. The molecule has 1 aromatic carbocycles. The summed E-state index contributed by atoms with van der Waals surface area (Å²) in [5.41, 5.74) is 0.369. The molecule has 0 aliphatic rings. The predicted molar refractivity (Wildman–Crippen MR) is 85.9 cm³/mol. The van der Waals surface area contributed by atoms with Crippen LogP contribution in [-0.4, -0.2) is 43.8 Å². The number of urea groups is 1. The van der Waals surface area contributed by atoms with Gasteiger partial charge in [-0.2, -0.15) is 0 Å². The normalized spacial score (nSPS) is 9.87. The summed E-state index contributed by atoms with van der Waals surface area (Å²) >= 11 is 3.25. The van der Waals surface area contributed by atoms with Gasteiger partial charge >= 0.3 is 18.0 Å². The zero-order valence-corrected chi connectivity index (χ0v) is 14.2. The van der Waals surface area contributed by atoms with Crippen molar-refractivity contribution >= 4 is 39.6 Å². The molecule has 9 heteroatoms. The Bertz CT molecular complexity index is 605. The van der Waals surface area contributed by atoms with E-state index in [9.17, 15) is 14.4 Å². The van der Waals surface area contributed by atoms with Gasteiger partial charge in [-0.05, 0) is 28.4 Å². The van der Waals surface area contributed by atoms with Crippen molar-refractivity contribution in [3.05, 3.63) is 22.2 Å². The summed E-state index contributed by atoms with van der Waals surface area (Å²) < 4.78 is 10.3. The quantitative estimate of drug-likeness (QED) is 0.487. The van der Waals surface area contributed by atoms with E-state index < -0.39 is 18.0 Å². The second-order valence-electron chi connectivity index (χ2n) is 4.40. The van der Waals surface area contributed by atoms with Gasteiger partial charge < -0.3 is 25.2 Å². The molecule has 1 aromatic rings. The number of esters is 1. The number of hydrogen-bond acceptors (Lipinski definition) is 5. The highest BCUT2D eigenvalue weighted by Crippen LogP contribution is 2.31. The maximum atomic E-state index is 11.8. The average molecular weight is 389 g/mol. The molecule has 0 fully saturated rings. The number of benzene rings is 1. The molecule has 0 radical (unpaired) electrons. The molecule has 0 aromatic heterocycles. The molecule has 0 spiro atoms. The number of methoxy groups -OCH3 is 2. The Kier molecular flexibility index (Phi) is 7.33. The third-order valence-electron chi connectivity index (χ3n) is 2.80. The van der Waals surface area contributed by atoms with Crippen molar-refractivity contribution in [1.82, 2.24) is 5.32 Å². The number of carbonyl (C=O) groups excluding carboxylic acids is 2. The largest absolute Gasteiger partial charge is 0.495 e. The summed E-state index contributed by atoms with van der Waals surface area (Å²) in [7, 11) is 2.68. The lowest BCUT2D eigenvalue weighted by molar-refractivity contribution is -0.137. The number of amides is 2. The maximum absolute atomic E-state index is 11.8. The highest BCUT2D eigenvalue weighted by Gasteiger charge is 2.17. The smallest absolute Gasteiger partial charge is 0.340 e. The van der Waals surface area contributed by atoms with Crippen LogP contribution in [0.3, 0.4) is 0 Å². The molecule has 0 bridgehead atoms. The molecule has 1 rings (SSSR count). The molecule has 0 unspecified atom stereocenters. The van der Waals surface area contributed by atoms with Crippen LogP contribution in [0.25, 0.3) is 0 Å². The van der Waals surface area contributed by atoms with Gasteiger partial charge in [-0.3, -0.25) is 4.79 Å². The molecular weight excluding hydrogens is 372 g/mol. The number of carbonyl (C=O) groups is 3. The van der Waals surface area contributed by atoms with Gasteiger partial charge in [0.05, 0.1) is 29.9 Å². The van der Waals surface area contributed by atoms with Crippen LogP contribution in [0.5, 0.6) is 5.75 Å². The van der Waals surface area contributed by atoms with Gasteiger partial charge in [-0.15, -0.1) is 0 Å². The minimum atomic E-state index is -0.933. The molecule has 0 atom stereocenters. The van der Waals surface area contributed by atoms with Crippen molar-refractivity contribution in [3.63, 3.8) is 0 Å². The van der Waals surface area contributed by atoms with E-state index in [2.05, 4.69) is 31.3 Å². The molecule has 3 N–H and O–H groups in total. The van der Waals surface area contributed by atoms with E-state index in [4.69, 9.17) is 9.84 Å². The minimum absolute atomic E-state index is 0.0419. The number of halogens is 1. The van der Waals surface area contributed by atoms with Crippen LogP contribution in [0.1, 0.15) is 23.2 Å². The highest BCUT2D eigenvalue weighted by atomic mass is 79.9. The third kappa shape index (κ3) is 5.78. The zero-order chi connectivity index (χ0) is 17.4. The van der Waals surface area contributed by atoms with Crippen molar-refractivity contribution in [3.8, 4) is 5.75 Å². The fraction of sp³-hybridized carbons (Fsp3) is 0.357. The summed E-state index contributed by atoms with van der Waals surface area (Å²) in [5, 5.41) is 13.5. The number of carboxylic acids is 1. The van der Waals surface area contributed by atoms with E-state index >= 15 is 0 Å². The SMILES string of the molecule is COC(=O)c1cc(Br)c(OC)cc1NC(=O)NCCCC(=O)O. The molecular formula is C14H17BrN2O6. The van der Waals surface area contributed by atoms with Crippen molar-refractivity contribution in [2.75, 3.05) is 26.1 Å². The van der Waals surface area contributed by atoms with Gasteiger partial charge in [0.15, 0.2) is 0 Å². The first kappa shape index (κ1) is 18.8. The lowest BCUT2D eigenvalue weighted by atomic mass is 10.1. The molecule has 0 aliphatic carbocycles. The van der Waals surface area contributed by atoms with Crippen molar-refractivity contribution < 1.29 is 29.0 Å². The number of aliphatic carboxylic acids is 1. The lowest BCUT2D eigenvalue weighted by Crippen LogP contribution is -2.30. The summed E-state index contributed by atoms with van der Waals surface area (Å²) in [4.78, 5) is 34.0. The zero-order valence-electron chi connectivity index (χ0n) is 12.6. The van der Waals surface area contributed by atoms with E-state index in [0.717, 1.165) is 0 Å². The first-order chi connectivity index (χ1) is 10.9. The van der Waals surface area contributed by atoms with Crippen LogP contribution in [0.4, 0.5) is 10.5 Å². The number of ether oxygens (including phenoxy) is 2. The standard InChI is InChI=1S/C14H17BrN2O6/c1-22-11-7-10(8(6-9(11)15)13(20)23-2)17-14(21)16-5-3-4-12(18)19/h6-7H,3-5H2,1-2H3,(H,18,19)(H2,16,17,21). The van der Waals surface area contributed by atoms with Crippen molar-refractivity contribution in [1.29, 1.82) is 0 Å². The van der Waals surface area contributed by atoms with Crippen LogP contribution in [0, 0.1) is 0 Å². The van der Waals surface area contributed by atoms with Crippen molar-refractivity contribution in [2.24, 2.45) is 0 Å². The molecule has 2 amide bonds. The van der Waals surface area contributed by atoms with Crippen LogP contribution in [-0.2, 0) is 9.53 Å². The second kappa shape index (κ2) is 8.99.